The summed E-state index contributed by atoms with van der Waals surface area (Å²) in [5.74, 6) is 0.120. The minimum atomic E-state index is -2.54. The van der Waals surface area contributed by atoms with Crippen LogP contribution in [-0.4, -0.2) is 114 Å². The number of ether oxygens (including phenoxy) is 4. The molecule has 0 spiro atoms. The zero-order valence-corrected chi connectivity index (χ0v) is 31.6. The Morgan fingerprint density at radius 2 is 1.66 bits per heavy atom. The normalized spacial score (nSPS) is 28.9. The molecular weight excluding hydrogens is 701 g/mol. The highest BCUT2D eigenvalue weighted by Crippen LogP contribution is 2.48. The van der Waals surface area contributed by atoms with Gasteiger partial charge in [0.15, 0.2) is 12.4 Å². The summed E-state index contributed by atoms with van der Waals surface area (Å²) < 4.78 is 23.5. The van der Waals surface area contributed by atoms with Crippen molar-refractivity contribution in [1.29, 1.82) is 0 Å². The molecule has 0 bridgehead atoms. The van der Waals surface area contributed by atoms with E-state index in [9.17, 15) is 35.1 Å². The van der Waals surface area contributed by atoms with Crippen LogP contribution < -0.4 is 20.0 Å². The van der Waals surface area contributed by atoms with Gasteiger partial charge in [0.25, 0.3) is 5.91 Å². The van der Waals surface area contributed by atoms with E-state index in [1.54, 1.807) is 32.4 Å². The van der Waals surface area contributed by atoms with Gasteiger partial charge in [0, 0.05) is 42.8 Å². The van der Waals surface area contributed by atoms with Crippen molar-refractivity contribution in [3.05, 3.63) is 83.4 Å². The number of rotatable bonds is 10. The molecule has 3 aromatic rings. The molecule has 0 saturated carbocycles. The largest absolute Gasteiger partial charge is 0.497 e. The molecule has 1 saturated heterocycles. The van der Waals surface area contributed by atoms with E-state index in [1.165, 1.54) is 0 Å². The number of methoxy groups -OCH3 is 2. The Balaban J connectivity index is 1.30. The summed E-state index contributed by atoms with van der Waals surface area (Å²) in [6.45, 7) is 6.77. The van der Waals surface area contributed by atoms with E-state index in [0.717, 1.165) is 22.1 Å². The summed E-state index contributed by atoms with van der Waals surface area (Å²) in [5.41, 5.74) is 2.96. The highest BCUT2D eigenvalue weighted by atomic mass is 28.3. The van der Waals surface area contributed by atoms with Crippen molar-refractivity contribution in [2.24, 2.45) is 5.92 Å². The van der Waals surface area contributed by atoms with E-state index in [4.69, 9.17) is 18.9 Å². The van der Waals surface area contributed by atoms with Gasteiger partial charge in [-0.3, -0.25) is 9.59 Å². The molecule has 3 aliphatic heterocycles. The van der Waals surface area contributed by atoms with Crippen LogP contribution in [0.15, 0.2) is 66.7 Å². The van der Waals surface area contributed by atoms with Gasteiger partial charge in [-0.1, -0.05) is 61.6 Å². The smallest absolute Gasteiger partial charge is 0.256 e. The molecule has 3 aromatic carbocycles. The van der Waals surface area contributed by atoms with Gasteiger partial charge in [-0.2, -0.15) is 0 Å². The Bertz CT molecular complexity index is 1770. The van der Waals surface area contributed by atoms with Crippen LogP contribution in [0.1, 0.15) is 36.1 Å². The van der Waals surface area contributed by atoms with Gasteiger partial charge in [0.2, 0.25) is 5.91 Å². The van der Waals surface area contributed by atoms with Gasteiger partial charge in [0.05, 0.1) is 33.9 Å². The number of anilines is 1. The van der Waals surface area contributed by atoms with Crippen molar-refractivity contribution in [2.75, 3.05) is 26.1 Å². The van der Waals surface area contributed by atoms with Crippen LogP contribution in [0.5, 0.6) is 11.5 Å². The Labute approximate surface area is 310 Å². The van der Waals surface area contributed by atoms with Gasteiger partial charge < -0.3 is 54.7 Å². The zero-order chi connectivity index (χ0) is 38.2. The van der Waals surface area contributed by atoms with Gasteiger partial charge >= 0.3 is 0 Å². The number of benzene rings is 3. The van der Waals surface area contributed by atoms with Crippen LogP contribution in [0.25, 0.3) is 0 Å². The fourth-order valence-corrected chi connectivity index (χ4v) is 11.4. The van der Waals surface area contributed by atoms with E-state index in [2.05, 4.69) is 30.5 Å². The number of hydrogen-bond acceptors (Lipinski definition) is 11. The van der Waals surface area contributed by atoms with Gasteiger partial charge in [0.1, 0.15) is 35.9 Å². The second kappa shape index (κ2) is 15.9. The fourth-order valence-electron chi connectivity index (χ4n) is 8.11. The van der Waals surface area contributed by atoms with E-state index < -0.39 is 56.9 Å². The Hall–Kier alpha value is -3.86. The Morgan fingerprint density at radius 3 is 2.32 bits per heavy atom. The van der Waals surface area contributed by atoms with Crippen LogP contribution in [-0.2, 0) is 32.0 Å². The quantitative estimate of drug-likeness (QED) is 0.166. The number of nitrogens with one attached hydrogen (secondary N) is 1. The number of carbonyl (C=O) groups excluding carboxylic acids is 2. The first-order chi connectivity index (χ1) is 25.3. The zero-order valence-electron chi connectivity index (χ0n) is 30.6. The Morgan fingerprint density at radius 1 is 0.962 bits per heavy atom. The maximum absolute atomic E-state index is 14.5. The molecule has 0 aliphatic carbocycles. The first kappa shape index (κ1) is 38.8. The SMILES string of the molecule is COc1ccc([Si](C)(C)C(CC(=O)N2Cc3ccccc3C[C@H]2CO)[C@H]2Oc3ccc(NC(=O)[C@H]4O[C@@H](O)[C@H](O)[C@@H](O)[C@@H]4O)cc3[C@@H](OC)[C@@H]2C)cc1. The Kier molecular flexibility index (Phi) is 11.6. The van der Waals surface area contributed by atoms with E-state index >= 15 is 0 Å². The summed E-state index contributed by atoms with van der Waals surface area (Å²) in [5, 5.41) is 54.4. The van der Waals surface area contributed by atoms with Crippen LogP contribution in [0, 0.1) is 5.92 Å². The number of aliphatic hydroxyl groups is 5. The molecule has 10 atom stereocenters. The first-order valence-corrected chi connectivity index (χ1v) is 21.0. The van der Waals surface area contributed by atoms with Crippen molar-refractivity contribution < 1.29 is 54.1 Å². The molecular formula is C39H50N2O11Si. The molecule has 0 radical (unpaired) electrons. The molecule has 3 aliphatic rings. The topological polar surface area (TPSA) is 187 Å². The molecule has 0 aromatic heterocycles. The average Bonchev–Trinajstić information content (AvgIpc) is 3.16. The summed E-state index contributed by atoms with van der Waals surface area (Å²) in [6.07, 6.45) is -9.01. The predicted octanol–water partition coefficient (Wildman–Crippen LogP) is 1.84. The van der Waals surface area contributed by atoms with Gasteiger partial charge in [-0.15, -0.1) is 0 Å². The molecule has 3 heterocycles. The molecule has 14 heteroatoms. The lowest BCUT2D eigenvalue weighted by molar-refractivity contribution is -0.274. The lowest BCUT2D eigenvalue weighted by Crippen LogP contribution is -2.60. The number of amides is 2. The van der Waals surface area contributed by atoms with Crippen molar-refractivity contribution in [2.45, 2.75) is 93.9 Å². The highest BCUT2D eigenvalue weighted by Gasteiger charge is 2.49. The van der Waals surface area contributed by atoms with E-state index in [1.807, 2.05) is 48.2 Å². The maximum atomic E-state index is 14.5. The second-order valence-electron chi connectivity index (χ2n) is 14.9. The summed E-state index contributed by atoms with van der Waals surface area (Å²) in [6, 6.07) is 20.7. The van der Waals surface area contributed by atoms with Crippen molar-refractivity contribution in [3.63, 3.8) is 0 Å². The van der Waals surface area contributed by atoms with Crippen molar-refractivity contribution >= 4 is 30.8 Å². The standard InChI is InChI=1S/C39H50N2O11Si/c1-21-35(50-3)28-17-24(40-38(47)37-33(45)32(44)34(46)39(48)52-37)10-15-29(28)51-36(21)30(53(4,5)27-13-11-26(49-2)12-14-27)18-31(43)41-19-23-9-7-6-8-22(23)16-25(41)20-42/h6-15,17,21,25,30,32-37,39,42,44-46,48H,16,18-20H2,1-5H3,(H,40,47)/t21-,25-,30?,32-,33-,34+,35-,36-,37-,39+/m0/s1. The van der Waals surface area contributed by atoms with E-state index in [-0.39, 0.29) is 36.4 Å². The van der Waals surface area contributed by atoms with Crippen LogP contribution >= 0.6 is 0 Å². The lowest BCUT2D eigenvalue weighted by Gasteiger charge is -2.46. The van der Waals surface area contributed by atoms with Crippen LogP contribution in [0.3, 0.4) is 0 Å². The minimum absolute atomic E-state index is 0.0545. The number of fused-ring (bicyclic) bond motifs is 2. The van der Waals surface area contributed by atoms with Crippen LogP contribution in [0.4, 0.5) is 5.69 Å². The van der Waals surface area contributed by atoms with Gasteiger partial charge in [-0.25, -0.2) is 0 Å². The predicted molar refractivity (Wildman–Crippen MR) is 197 cm³/mol. The number of carbonyl (C=O) groups is 2. The van der Waals surface area contributed by atoms with Crippen molar-refractivity contribution in [1.82, 2.24) is 4.90 Å². The van der Waals surface area contributed by atoms with Crippen LogP contribution in [0.2, 0.25) is 18.6 Å². The van der Waals surface area contributed by atoms with E-state index in [0.29, 0.717) is 30.0 Å². The second-order valence-corrected chi connectivity index (χ2v) is 19.6. The number of aliphatic hydroxyl groups excluding tert-OH is 5. The summed E-state index contributed by atoms with van der Waals surface area (Å²) >= 11 is 0. The molecule has 6 rings (SSSR count). The minimum Gasteiger partial charge on any atom is -0.497 e. The molecule has 1 unspecified atom stereocenters. The molecule has 13 nitrogen and oxygen atoms in total. The molecule has 53 heavy (non-hydrogen) atoms. The first-order valence-electron chi connectivity index (χ1n) is 17.9. The summed E-state index contributed by atoms with van der Waals surface area (Å²) in [7, 11) is 0.680. The third kappa shape index (κ3) is 7.60. The average molecular weight is 751 g/mol. The third-order valence-electron chi connectivity index (χ3n) is 11.4. The summed E-state index contributed by atoms with van der Waals surface area (Å²) in [4.78, 5) is 29.4. The molecule has 1 fully saturated rings. The lowest BCUT2D eigenvalue weighted by atomic mass is 9.86. The highest BCUT2D eigenvalue weighted by molar-refractivity contribution is 6.91. The molecule has 2 amide bonds. The fraction of sp³-hybridized carbons (Fsp3) is 0.487. The number of hydrogen-bond donors (Lipinski definition) is 6. The van der Waals surface area contributed by atoms with Gasteiger partial charge in [-0.05, 0) is 47.9 Å². The molecule has 286 valence electrons. The third-order valence-corrected chi connectivity index (χ3v) is 15.6. The number of nitrogens with zero attached hydrogens (tertiary/aromatic N) is 1. The van der Waals surface area contributed by atoms with Crippen molar-refractivity contribution in [3.8, 4) is 11.5 Å². The monoisotopic (exact) mass is 750 g/mol. The maximum Gasteiger partial charge on any atom is 0.256 e. The molecule has 6 N–H and O–H groups in total.